The highest BCUT2D eigenvalue weighted by atomic mass is 16.2. The predicted octanol–water partition coefficient (Wildman–Crippen LogP) is 2.17. The Morgan fingerprint density at radius 3 is 2.64 bits per heavy atom. The summed E-state index contributed by atoms with van der Waals surface area (Å²) in [5, 5.41) is 10.5. The van der Waals surface area contributed by atoms with Crippen LogP contribution in [-0.4, -0.2) is 45.7 Å². The van der Waals surface area contributed by atoms with Crippen LogP contribution in [0.1, 0.15) is 56.8 Å². The number of nitrogens with one attached hydrogen (secondary N) is 2. The van der Waals surface area contributed by atoms with Crippen molar-refractivity contribution in [2.24, 2.45) is 0 Å². The Morgan fingerprint density at radius 1 is 1.36 bits per heavy atom. The van der Waals surface area contributed by atoms with Gasteiger partial charge < -0.3 is 5.32 Å². The molecule has 3 rings (SSSR count). The van der Waals surface area contributed by atoms with Crippen molar-refractivity contribution >= 4 is 5.91 Å². The fraction of sp³-hybridized carbons (Fsp3) is 0.765. The molecule has 2 aliphatic rings. The van der Waals surface area contributed by atoms with E-state index in [1.54, 1.807) is 0 Å². The fourth-order valence-corrected chi connectivity index (χ4v) is 4.09. The number of hydrogen-bond donors (Lipinski definition) is 2. The molecule has 2 fully saturated rings. The summed E-state index contributed by atoms with van der Waals surface area (Å²) in [6.07, 6.45) is 7.65. The standard InChI is InChI=1S/C17H28N4O/c1-13(11-15-12-14(2)19-20-15)18-16(22)17(7-3-4-8-17)21-9-5-6-10-21/h12-13H,3-11H2,1-2H3,(H,18,22)(H,19,20). The third-order valence-electron chi connectivity index (χ3n) is 5.22. The summed E-state index contributed by atoms with van der Waals surface area (Å²) < 4.78 is 0. The zero-order chi connectivity index (χ0) is 15.6. The molecule has 0 radical (unpaired) electrons. The van der Waals surface area contributed by atoms with Gasteiger partial charge in [0.25, 0.3) is 0 Å². The lowest BCUT2D eigenvalue weighted by Crippen LogP contribution is -2.58. The van der Waals surface area contributed by atoms with Crippen LogP contribution >= 0.6 is 0 Å². The summed E-state index contributed by atoms with van der Waals surface area (Å²) in [5.74, 6) is 0.242. The first kappa shape index (κ1) is 15.5. The largest absolute Gasteiger partial charge is 0.352 e. The molecule has 1 atom stereocenters. The topological polar surface area (TPSA) is 61.0 Å². The Hall–Kier alpha value is -1.36. The maximum absolute atomic E-state index is 13.0. The molecular weight excluding hydrogens is 276 g/mol. The summed E-state index contributed by atoms with van der Waals surface area (Å²) in [6.45, 7) is 6.25. The van der Waals surface area contributed by atoms with E-state index in [9.17, 15) is 4.79 Å². The average molecular weight is 304 g/mol. The third-order valence-corrected chi connectivity index (χ3v) is 5.22. The van der Waals surface area contributed by atoms with Crippen molar-refractivity contribution in [2.45, 2.75) is 70.4 Å². The average Bonchev–Trinajstić information content (AvgIpc) is 3.19. The maximum atomic E-state index is 13.0. The van der Waals surface area contributed by atoms with E-state index in [1.165, 1.54) is 25.7 Å². The number of hydrogen-bond acceptors (Lipinski definition) is 3. The van der Waals surface area contributed by atoms with Gasteiger partial charge in [-0.25, -0.2) is 0 Å². The Morgan fingerprint density at radius 2 is 2.05 bits per heavy atom. The number of likely N-dealkylation sites (tertiary alicyclic amines) is 1. The summed E-state index contributed by atoms with van der Waals surface area (Å²) in [7, 11) is 0. The molecule has 2 N–H and O–H groups in total. The van der Waals surface area contributed by atoms with E-state index in [4.69, 9.17) is 0 Å². The molecule has 0 bridgehead atoms. The minimum absolute atomic E-state index is 0.121. The lowest BCUT2D eigenvalue weighted by atomic mass is 9.93. The van der Waals surface area contributed by atoms with Crippen molar-refractivity contribution in [2.75, 3.05) is 13.1 Å². The summed E-state index contributed by atoms with van der Waals surface area (Å²) in [6, 6.07) is 2.17. The molecule has 1 saturated heterocycles. The number of aromatic nitrogens is 2. The highest BCUT2D eigenvalue weighted by Crippen LogP contribution is 2.37. The van der Waals surface area contributed by atoms with Gasteiger partial charge in [0.2, 0.25) is 5.91 Å². The second-order valence-corrected chi connectivity index (χ2v) is 7.05. The summed E-state index contributed by atoms with van der Waals surface area (Å²) in [4.78, 5) is 15.4. The Labute approximate surface area is 132 Å². The summed E-state index contributed by atoms with van der Waals surface area (Å²) in [5.41, 5.74) is 1.86. The van der Waals surface area contributed by atoms with Crippen LogP contribution in [0.15, 0.2) is 6.07 Å². The molecule has 1 amide bonds. The molecule has 1 aliphatic heterocycles. The van der Waals surface area contributed by atoms with Crippen molar-refractivity contribution in [1.82, 2.24) is 20.4 Å². The highest BCUT2D eigenvalue weighted by Gasteiger charge is 2.46. The van der Waals surface area contributed by atoms with E-state index >= 15 is 0 Å². The highest BCUT2D eigenvalue weighted by molar-refractivity contribution is 5.87. The molecule has 5 heteroatoms. The first-order valence-corrected chi connectivity index (χ1v) is 8.67. The van der Waals surface area contributed by atoms with Crippen LogP contribution in [0.4, 0.5) is 0 Å². The number of amides is 1. The fourth-order valence-electron chi connectivity index (χ4n) is 4.09. The minimum atomic E-state index is -0.230. The second kappa shape index (κ2) is 6.41. The van der Waals surface area contributed by atoms with E-state index in [2.05, 4.69) is 33.4 Å². The lowest BCUT2D eigenvalue weighted by Gasteiger charge is -2.38. The maximum Gasteiger partial charge on any atom is 0.240 e. The van der Waals surface area contributed by atoms with Gasteiger partial charge in [-0.1, -0.05) is 12.8 Å². The van der Waals surface area contributed by atoms with Crippen LogP contribution in [0.25, 0.3) is 0 Å². The van der Waals surface area contributed by atoms with Gasteiger partial charge in [-0.3, -0.25) is 14.8 Å². The van der Waals surface area contributed by atoms with Crippen molar-refractivity contribution in [1.29, 1.82) is 0 Å². The van der Waals surface area contributed by atoms with Gasteiger partial charge in [0.15, 0.2) is 0 Å². The van der Waals surface area contributed by atoms with Gasteiger partial charge in [0.05, 0.1) is 5.69 Å². The van der Waals surface area contributed by atoms with E-state index in [0.717, 1.165) is 43.7 Å². The number of carbonyl (C=O) groups excluding carboxylic acids is 1. The van der Waals surface area contributed by atoms with Crippen LogP contribution in [0, 0.1) is 6.92 Å². The number of H-pyrrole nitrogens is 1. The van der Waals surface area contributed by atoms with Crippen LogP contribution in [-0.2, 0) is 11.2 Å². The Balaban J connectivity index is 1.63. The monoisotopic (exact) mass is 304 g/mol. The smallest absolute Gasteiger partial charge is 0.240 e. The number of carbonyl (C=O) groups is 1. The number of rotatable bonds is 5. The number of nitrogens with zero attached hydrogens (tertiary/aromatic N) is 2. The van der Waals surface area contributed by atoms with Gasteiger partial charge in [-0.15, -0.1) is 0 Å². The predicted molar refractivity (Wildman–Crippen MR) is 86.6 cm³/mol. The van der Waals surface area contributed by atoms with E-state index < -0.39 is 0 Å². The molecule has 1 aromatic rings. The van der Waals surface area contributed by atoms with Gasteiger partial charge in [0, 0.05) is 18.2 Å². The Kier molecular flexibility index (Phi) is 4.52. The molecule has 5 nitrogen and oxygen atoms in total. The zero-order valence-electron chi connectivity index (χ0n) is 13.8. The van der Waals surface area contributed by atoms with Crippen molar-refractivity contribution in [3.8, 4) is 0 Å². The van der Waals surface area contributed by atoms with Gasteiger partial charge >= 0.3 is 0 Å². The van der Waals surface area contributed by atoms with Crippen LogP contribution < -0.4 is 5.32 Å². The second-order valence-electron chi connectivity index (χ2n) is 7.05. The molecule has 2 heterocycles. The van der Waals surface area contributed by atoms with Crippen LogP contribution in [0.3, 0.4) is 0 Å². The number of aryl methyl sites for hydroxylation is 1. The zero-order valence-corrected chi connectivity index (χ0v) is 13.8. The third kappa shape index (κ3) is 3.05. The molecule has 22 heavy (non-hydrogen) atoms. The first-order valence-electron chi connectivity index (χ1n) is 8.67. The van der Waals surface area contributed by atoms with Gasteiger partial charge in [-0.05, 0) is 58.7 Å². The Bertz CT molecular complexity index is 512. The van der Waals surface area contributed by atoms with Crippen molar-refractivity contribution < 1.29 is 4.79 Å². The molecule has 1 unspecified atom stereocenters. The minimum Gasteiger partial charge on any atom is -0.352 e. The molecule has 122 valence electrons. The number of aromatic amines is 1. The quantitative estimate of drug-likeness (QED) is 0.876. The van der Waals surface area contributed by atoms with E-state index in [0.29, 0.717) is 0 Å². The van der Waals surface area contributed by atoms with Gasteiger partial charge in [0.1, 0.15) is 5.54 Å². The lowest BCUT2D eigenvalue weighted by molar-refractivity contribution is -0.133. The molecular formula is C17H28N4O. The molecule has 0 spiro atoms. The summed E-state index contributed by atoms with van der Waals surface area (Å²) >= 11 is 0. The van der Waals surface area contributed by atoms with Crippen LogP contribution in [0.2, 0.25) is 0 Å². The normalized spacial score (nSPS) is 22.8. The van der Waals surface area contributed by atoms with Crippen molar-refractivity contribution in [3.63, 3.8) is 0 Å². The SMILES string of the molecule is Cc1cc(CC(C)NC(=O)C2(N3CCCC3)CCCC2)n[nH]1. The van der Waals surface area contributed by atoms with Crippen LogP contribution in [0.5, 0.6) is 0 Å². The molecule has 1 aromatic heterocycles. The molecule has 1 aliphatic carbocycles. The van der Waals surface area contributed by atoms with E-state index in [-0.39, 0.29) is 17.5 Å². The van der Waals surface area contributed by atoms with E-state index in [1.807, 2.05) is 6.92 Å². The van der Waals surface area contributed by atoms with Gasteiger partial charge in [-0.2, -0.15) is 5.10 Å². The molecule has 0 aromatic carbocycles. The van der Waals surface area contributed by atoms with Crippen molar-refractivity contribution in [3.05, 3.63) is 17.5 Å². The molecule has 1 saturated carbocycles. The first-order chi connectivity index (χ1) is 10.6.